The van der Waals surface area contributed by atoms with Crippen LogP contribution >= 0.6 is 0 Å². The van der Waals surface area contributed by atoms with Gasteiger partial charge in [-0.25, -0.2) is 0 Å². The molecule has 2 saturated carbocycles. The van der Waals surface area contributed by atoms with E-state index in [0.29, 0.717) is 0 Å². The van der Waals surface area contributed by atoms with E-state index in [-0.39, 0.29) is 11.2 Å². The molecular weight excluding hydrogens is 252 g/mol. The first-order valence-electron chi connectivity index (χ1n) is 8.56. The van der Waals surface area contributed by atoms with Gasteiger partial charge in [0.25, 0.3) is 0 Å². The number of rotatable bonds is 3. The summed E-state index contributed by atoms with van der Waals surface area (Å²) >= 11 is 0. The molecule has 0 aromatic carbocycles. The van der Waals surface area contributed by atoms with E-state index in [9.17, 15) is 0 Å². The molecule has 0 amide bonds. The Morgan fingerprint density at radius 3 is 2.10 bits per heavy atom. The second-order valence-corrected chi connectivity index (χ2v) is 7.18. The van der Waals surface area contributed by atoms with Crippen LogP contribution in [-0.4, -0.2) is 32.7 Å². The fourth-order valence-corrected chi connectivity index (χ4v) is 4.45. The summed E-state index contributed by atoms with van der Waals surface area (Å²) in [5.41, 5.74) is 0.109. The Morgan fingerprint density at radius 2 is 1.50 bits per heavy atom. The van der Waals surface area contributed by atoms with Gasteiger partial charge in [0.15, 0.2) is 5.79 Å². The molecular formula is C17H30O3. The molecule has 3 aliphatic rings. The highest BCUT2D eigenvalue weighted by Crippen LogP contribution is 2.46. The molecule has 1 spiro atoms. The number of hydrogen-bond donors (Lipinski definition) is 0. The number of methoxy groups -OCH3 is 1. The van der Waals surface area contributed by atoms with Crippen molar-refractivity contribution in [1.82, 2.24) is 0 Å². The minimum Gasteiger partial charge on any atom is -0.384 e. The van der Waals surface area contributed by atoms with E-state index in [4.69, 9.17) is 14.2 Å². The van der Waals surface area contributed by atoms with Gasteiger partial charge in [-0.3, -0.25) is 0 Å². The maximum absolute atomic E-state index is 6.33. The van der Waals surface area contributed by atoms with Crippen molar-refractivity contribution < 1.29 is 14.2 Å². The lowest BCUT2D eigenvalue weighted by Crippen LogP contribution is -2.55. The topological polar surface area (TPSA) is 27.7 Å². The van der Waals surface area contributed by atoms with Crippen molar-refractivity contribution in [2.45, 2.75) is 70.0 Å². The van der Waals surface area contributed by atoms with Crippen LogP contribution in [0.1, 0.15) is 64.2 Å². The van der Waals surface area contributed by atoms with Crippen molar-refractivity contribution >= 4 is 0 Å². The van der Waals surface area contributed by atoms with Crippen LogP contribution in [0.5, 0.6) is 0 Å². The van der Waals surface area contributed by atoms with Crippen LogP contribution in [0.25, 0.3) is 0 Å². The zero-order valence-corrected chi connectivity index (χ0v) is 13.0. The van der Waals surface area contributed by atoms with E-state index in [1.54, 1.807) is 0 Å². The second kappa shape index (κ2) is 6.33. The first kappa shape index (κ1) is 14.8. The minimum absolute atomic E-state index is 0.109. The summed E-state index contributed by atoms with van der Waals surface area (Å²) in [6.45, 7) is 2.46. The van der Waals surface area contributed by atoms with Crippen molar-refractivity contribution in [2.24, 2.45) is 11.3 Å². The molecule has 1 aliphatic heterocycles. The molecule has 0 radical (unpaired) electrons. The van der Waals surface area contributed by atoms with E-state index in [0.717, 1.165) is 38.6 Å². The SMILES string of the molecule is COCC1(C2CCCCC2)COC2(CCCCC2)OC1. The van der Waals surface area contributed by atoms with Crippen LogP contribution in [-0.2, 0) is 14.2 Å². The van der Waals surface area contributed by atoms with Gasteiger partial charge in [0.2, 0.25) is 0 Å². The molecule has 0 aromatic rings. The first-order chi connectivity index (χ1) is 9.79. The monoisotopic (exact) mass is 282 g/mol. The third-order valence-corrected chi connectivity index (χ3v) is 5.76. The first-order valence-corrected chi connectivity index (χ1v) is 8.56. The molecule has 3 heteroatoms. The highest BCUT2D eigenvalue weighted by atomic mass is 16.7. The number of hydrogen-bond acceptors (Lipinski definition) is 3. The molecule has 0 bridgehead atoms. The quantitative estimate of drug-likeness (QED) is 0.785. The molecule has 3 rings (SSSR count). The molecule has 0 N–H and O–H groups in total. The standard InChI is InChI=1S/C17H30O3/c1-18-12-16(15-8-4-2-5-9-15)13-19-17(20-14-16)10-6-3-7-11-17/h15H,2-14H2,1H3. The van der Waals surface area contributed by atoms with Crippen LogP contribution in [0.2, 0.25) is 0 Å². The number of ether oxygens (including phenoxy) is 3. The lowest BCUT2D eigenvalue weighted by atomic mass is 9.69. The molecule has 0 atom stereocenters. The van der Waals surface area contributed by atoms with Gasteiger partial charge in [-0.2, -0.15) is 0 Å². The van der Waals surface area contributed by atoms with Gasteiger partial charge in [-0.05, 0) is 31.6 Å². The normalized spacial score (nSPS) is 30.4. The van der Waals surface area contributed by atoms with E-state index in [2.05, 4.69) is 0 Å². The van der Waals surface area contributed by atoms with Crippen LogP contribution in [0.3, 0.4) is 0 Å². The maximum Gasteiger partial charge on any atom is 0.168 e. The Morgan fingerprint density at radius 1 is 0.900 bits per heavy atom. The molecule has 20 heavy (non-hydrogen) atoms. The maximum atomic E-state index is 6.33. The van der Waals surface area contributed by atoms with Gasteiger partial charge < -0.3 is 14.2 Å². The highest BCUT2D eigenvalue weighted by molar-refractivity contribution is 4.93. The lowest BCUT2D eigenvalue weighted by molar-refractivity contribution is -0.328. The Balaban J connectivity index is 1.66. The van der Waals surface area contributed by atoms with Gasteiger partial charge in [0.1, 0.15) is 0 Å². The Hall–Kier alpha value is -0.120. The smallest absolute Gasteiger partial charge is 0.168 e. The highest BCUT2D eigenvalue weighted by Gasteiger charge is 2.49. The lowest BCUT2D eigenvalue weighted by Gasteiger charge is -2.51. The Labute approximate surface area is 123 Å². The third kappa shape index (κ3) is 2.90. The summed E-state index contributed by atoms with van der Waals surface area (Å²) in [5, 5.41) is 0. The summed E-state index contributed by atoms with van der Waals surface area (Å²) in [5.74, 6) is 0.474. The van der Waals surface area contributed by atoms with Gasteiger partial charge in [-0.1, -0.05) is 25.7 Å². The van der Waals surface area contributed by atoms with Crippen molar-refractivity contribution in [2.75, 3.05) is 26.9 Å². The average molecular weight is 282 g/mol. The van der Waals surface area contributed by atoms with Crippen LogP contribution in [0, 0.1) is 11.3 Å². The van der Waals surface area contributed by atoms with Gasteiger partial charge in [0, 0.05) is 25.4 Å². The molecule has 2 aliphatic carbocycles. The molecule has 3 nitrogen and oxygen atoms in total. The molecule has 0 aromatic heterocycles. The summed E-state index contributed by atoms with van der Waals surface area (Å²) in [6.07, 6.45) is 12.8. The summed E-state index contributed by atoms with van der Waals surface area (Å²) in [4.78, 5) is 0. The Kier molecular flexibility index (Phi) is 4.68. The fraction of sp³-hybridized carbons (Fsp3) is 1.00. The van der Waals surface area contributed by atoms with E-state index in [1.165, 1.54) is 51.4 Å². The zero-order chi connectivity index (χ0) is 13.9. The predicted octanol–water partition coefficient (Wildman–Crippen LogP) is 3.91. The average Bonchev–Trinajstić information content (AvgIpc) is 2.52. The minimum atomic E-state index is -0.246. The van der Waals surface area contributed by atoms with E-state index >= 15 is 0 Å². The summed E-state index contributed by atoms with van der Waals surface area (Å²) < 4.78 is 18.2. The van der Waals surface area contributed by atoms with Crippen molar-refractivity contribution in [3.63, 3.8) is 0 Å². The van der Waals surface area contributed by atoms with Crippen molar-refractivity contribution in [3.05, 3.63) is 0 Å². The van der Waals surface area contributed by atoms with Gasteiger partial charge in [-0.15, -0.1) is 0 Å². The Bertz CT molecular complexity index is 293. The third-order valence-electron chi connectivity index (χ3n) is 5.76. The van der Waals surface area contributed by atoms with Crippen LogP contribution in [0.15, 0.2) is 0 Å². The summed E-state index contributed by atoms with van der Waals surface area (Å²) in [7, 11) is 1.82. The van der Waals surface area contributed by atoms with Gasteiger partial charge in [0.05, 0.1) is 19.8 Å². The van der Waals surface area contributed by atoms with Gasteiger partial charge >= 0.3 is 0 Å². The van der Waals surface area contributed by atoms with E-state index in [1.807, 2.05) is 7.11 Å². The molecule has 0 unspecified atom stereocenters. The van der Waals surface area contributed by atoms with Crippen molar-refractivity contribution in [3.8, 4) is 0 Å². The predicted molar refractivity (Wildman–Crippen MR) is 78.6 cm³/mol. The summed E-state index contributed by atoms with van der Waals surface area (Å²) in [6, 6.07) is 0. The van der Waals surface area contributed by atoms with Crippen LogP contribution < -0.4 is 0 Å². The molecule has 3 fully saturated rings. The second-order valence-electron chi connectivity index (χ2n) is 7.18. The van der Waals surface area contributed by atoms with E-state index < -0.39 is 0 Å². The molecule has 1 saturated heterocycles. The molecule has 116 valence electrons. The largest absolute Gasteiger partial charge is 0.384 e. The molecule has 1 heterocycles. The zero-order valence-electron chi connectivity index (χ0n) is 13.0. The van der Waals surface area contributed by atoms with Crippen molar-refractivity contribution in [1.29, 1.82) is 0 Å². The van der Waals surface area contributed by atoms with Crippen LogP contribution in [0.4, 0.5) is 0 Å². The fourth-order valence-electron chi connectivity index (χ4n) is 4.45.